The molecule has 0 aliphatic rings. The van der Waals surface area contributed by atoms with Gasteiger partial charge in [0, 0.05) is 21.9 Å². The second kappa shape index (κ2) is 4.37. The highest BCUT2D eigenvalue weighted by Crippen LogP contribution is 1.98. The lowest BCUT2D eigenvalue weighted by Gasteiger charge is -2.21. The molecular formula is C7H10BrNO2. The average Bonchev–Trinajstić information content (AvgIpc) is 1.87. The Kier molecular flexibility index (Phi) is 4.16. The zero-order valence-corrected chi connectivity index (χ0v) is 8.03. The van der Waals surface area contributed by atoms with Crippen molar-refractivity contribution in [2.45, 2.75) is 19.4 Å². The number of halogens is 1. The fraction of sp³-hybridized carbons (Fsp3) is 0.571. The van der Waals surface area contributed by atoms with Crippen LogP contribution in [0.2, 0.25) is 0 Å². The minimum absolute atomic E-state index is 0.108. The van der Waals surface area contributed by atoms with Crippen molar-refractivity contribution < 1.29 is 9.90 Å². The highest BCUT2D eigenvalue weighted by molar-refractivity contribution is 9.12. The maximum absolute atomic E-state index is 10.8. The molecule has 0 unspecified atom stereocenters. The van der Waals surface area contributed by atoms with E-state index in [1.807, 2.05) is 0 Å². The maximum atomic E-state index is 10.8. The van der Waals surface area contributed by atoms with Gasteiger partial charge in [0.2, 0.25) is 0 Å². The number of rotatable bonds is 2. The lowest BCUT2D eigenvalue weighted by molar-refractivity contribution is -0.117. The third-order valence-corrected chi connectivity index (χ3v) is 1.21. The van der Waals surface area contributed by atoms with Crippen molar-refractivity contribution in [2.24, 2.45) is 0 Å². The number of carbonyl (C=O) groups is 1. The quantitative estimate of drug-likeness (QED) is 0.654. The number of aliphatic hydroxyl groups is 1. The van der Waals surface area contributed by atoms with Crippen LogP contribution in [0.15, 0.2) is 0 Å². The summed E-state index contributed by atoms with van der Waals surface area (Å²) in [4.78, 5) is 13.1. The first kappa shape index (κ1) is 10.5. The van der Waals surface area contributed by atoms with Crippen molar-refractivity contribution in [3.63, 3.8) is 0 Å². The molecule has 62 valence electrons. The minimum Gasteiger partial charge on any atom is -0.394 e. The molecule has 0 fully saturated rings. The van der Waals surface area contributed by atoms with Gasteiger partial charge in [-0.2, -0.15) is 0 Å². The Labute approximate surface area is 74.3 Å². The first-order valence-corrected chi connectivity index (χ1v) is 3.86. The minimum atomic E-state index is -0.603. The molecule has 0 aromatic heterocycles. The van der Waals surface area contributed by atoms with Gasteiger partial charge in [-0.05, 0) is 18.7 Å². The van der Waals surface area contributed by atoms with Gasteiger partial charge < -0.3 is 10.4 Å². The van der Waals surface area contributed by atoms with E-state index >= 15 is 0 Å². The molecule has 0 saturated carbocycles. The standard InChI is InChI=1S/C7H10BrNO2/c1-7(2,5-10)9-6(11)3-4-8/h10H,5H2,1-2H3,(H,9,11). The van der Waals surface area contributed by atoms with Crippen molar-refractivity contribution >= 4 is 21.8 Å². The van der Waals surface area contributed by atoms with E-state index in [0.29, 0.717) is 0 Å². The molecule has 0 aliphatic heterocycles. The Hall–Kier alpha value is -0.530. The number of aliphatic hydroxyl groups excluding tert-OH is 1. The molecule has 0 aromatic rings. The van der Waals surface area contributed by atoms with Gasteiger partial charge in [-0.1, -0.05) is 0 Å². The highest BCUT2D eigenvalue weighted by Gasteiger charge is 2.17. The van der Waals surface area contributed by atoms with Crippen molar-refractivity contribution in [1.29, 1.82) is 0 Å². The van der Waals surface area contributed by atoms with Crippen LogP contribution in [0.1, 0.15) is 13.8 Å². The zero-order valence-electron chi connectivity index (χ0n) is 6.44. The van der Waals surface area contributed by atoms with Gasteiger partial charge >= 0.3 is 0 Å². The molecule has 0 saturated heterocycles. The van der Waals surface area contributed by atoms with Crippen LogP contribution >= 0.6 is 15.9 Å². The summed E-state index contributed by atoms with van der Waals surface area (Å²) in [5, 5.41) is 11.3. The SMILES string of the molecule is CC(C)(CO)NC(=O)C#CBr. The lowest BCUT2D eigenvalue weighted by atomic mass is 10.1. The normalized spacial score (nSPS) is 9.82. The van der Waals surface area contributed by atoms with Crippen LogP contribution in [0.4, 0.5) is 0 Å². The summed E-state index contributed by atoms with van der Waals surface area (Å²) in [6, 6.07) is 0. The number of carbonyl (C=O) groups excluding carboxylic acids is 1. The smallest absolute Gasteiger partial charge is 0.297 e. The van der Waals surface area contributed by atoms with Crippen LogP contribution in [0.25, 0.3) is 0 Å². The molecule has 0 radical (unpaired) electrons. The lowest BCUT2D eigenvalue weighted by Crippen LogP contribution is -2.45. The summed E-state index contributed by atoms with van der Waals surface area (Å²) in [7, 11) is 0. The Balaban J connectivity index is 4.00. The topological polar surface area (TPSA) is 49.3 Å². The van der Waals surface area contributed by atoms with Crippen LogP contribution < -0.4 is 5.32 Å². The molecule has 2 N–H and O–H groups in total. The van der Waals surface area contributed by atoms with E-state index in [9.17, 15) is 4.79 Å². The van der Waals surface area contributed by atoms with Crippen molar-refractivity contribution in [1.82, 2.24) is 5.32 Å². The Morgan fingerprint density at radius 2 is 2.27 bits per heavy atom. The summed E-state index contributed by atoms with van der Waals surface area (Å²) >= 11 is 2.79. The molecule has 4 heteroatoms. The maximum Gasteiger partial charge on any atom is 0.297 e. The predicted octanol–water partition coefficient (Wildman–Crippen LogP) is 0.229. The third kappa shape index (κ3) is 4.82. The summed E-state index contributed by atoms with van der Waals surface area (Å²) in [6.45, 7) is 3.31. The van der Waals surface area contributed by atoms with E-state index in [1.165, 1.54) is 0 Å². The largest absolute Gasteiger partial charge is 0.394 e. The number of hydrogen-bond acceptors (Lipinski definition) is 2. The molecule has 3 nitrogen and oxygen atoms in total. The number of hydrogen-bond donors (Lipinski definition) is 2. The summed E-state index contributed by atoms with van der Waals surface area (Å²) in [5.41, 5.74) is -0.603. The first-order valence-electron chi connectivity index (χ1n) is 3.06. The number of amides is 1. The van der Waals surface area contributed by atoms with Gasteiger partial charge in [-0.25, -0.2) is 0 Å². The average molecular weight is 220 g/mol. The van der Waals surface area contributed by atoms with Gasteiger partial charge in [0.05, 0.1) is 12.1 Å². The molecule has 11 heavy (non-hydrogen) atoms. The van der Waals surface area contributed by atoms with Gasteiger partial charge in [0.1, 0.15) is 0 Å². The Morgan fingerprint density at radius 1 is 1.73 bits per heavy atom. The monoisotopic (exact) mass is 219 g/mol. The van der Waals surface area contributed by atoms with Crippen molar-refractivity contribution in [2.75, 3.05) is 6.61 Å². The summed E-state index contributed by atoms with van der Waals surface area (Å²) in [6.07, 6.45) is 0. The van der Waals surface area contributed by atoms with Gasteiger partial charge in [-0.15, -0.1) is 0 Å². The van der Waals surface area contributed by atoms with Crippen molar-refractivity contribution in [3.05, 3.63) is 0 Å². The molecule has 0 aliphatic carbocycles. The Bertz CT molecular complexity index is 202. The summed E-state index contributed by atoms with van der Waals surface area (Å²) < 4.78 is 0. The van der Waals surface area contributed by atoms with Gasteiger partial charge in [-0.3, -0.25) is 4.79 Å². The fourth-order valence-corrected chi connectivity index (χ4v) is 0.601. The molecule has 0 atom stereocenters. The van der Waals surface area contributed by atoms with E-state index in [1.54, 1.807) is 13.8 Å². The molecule has 0 spiro atoms. The molecule has 0 rings (SSSR count). The molecule has 1 amide bonds. The Morgan fingerprint density at radius 3 is 2.64 bits per heavy atom. The molecule has 0 heterocycles. The predicted molar refractivity (Wildman–Crippen MR) is 46.0 cm³/mol. The van der Waals surface area contributed by atoms with Crippen LogP contribution in [-0.4, -0.2) is 23.2 Å². The van der Waals surface area contributed by atoms with Crippen LogP contribution in [-0.2, 0) is 4.79 Å². The molecule has 0 aromatic carbocycles. The highest BCUT2D eigenvalue weighted by atomic mass is 79.9. The van der Waals surface area contributed by atoms with E-state index in [-0.39, 0.29) is 6.61 Å². The third-order valence-electron chi connectivity index (χ3n) is 1.01. The van der Waals surface area contributed by atoms with Crippen LogP contribution in [0.5, 0.6) is 0 Å². The van der Waals surface area contributed by atoms with Gasteiger partial charge in [0.25, 0.3) is 5.91 Å². The van der Waals surface area contributed by atoms with Gasteiger partial charge in [0.15, 0.2) is 0 Å². The van der Waals surface area contributed by atoms with Crippen LogP contribution in [0, 0.1) is 10.8 Å². The fourth-order valence-electron chi connectivity index (χ4n) is 0.421. The second-order valence-electron chi connectivity index (χ2n) is 2.72. The zero-order chi connectivity index (χ0) is 8.91. The number of nitrogens with one attached hydrogen (secondary N) is 1. The first-order chi connectivity index (χ1) is 5.02. The molecule has 0 bridgehead atoms. The van der Waals surface area contributed by atoms with Crippen LogP contribution in [0.3, 0.4) is 0 Å². The summed E-state index contributed by atoms with van der Waals surface area (Å²) in [5.74, 6) is 1.84. The second-order valence-corrected chi connectivity index (χ2v) is 3.11. The van der Waals surface area contributed by atoms with Crippen molar-refractivity contribution in [3.8, 4) is 10.8 Å². The van der Waals surface area contributed by atoms with E-state index in [4.69, 9.17) is 5.11 Å². The van der Waals surface area contributed by atoms with E-state index in [0.717, 1.165) is 0 Å². The van der Waals surface area contributed by atoms with E-state index < -0.39 is 11.4 Å². The van der Waals surface area contributed by atoms with E-state index in [2.05, 4.69) is 32.0 Å². The molecular weight excluding hydrogens is 210 g/mol.